The highest BCUT2D eigenvalue weighted by Crippen LogP contribution is 2.17. The molecule has 0 aliphatic rings. The number of pyridine rings is 2. The third-order valence-corrected chi connectivity index (χ3v) is 2.93. The van der Waals surface area contributed by atoms with Crippen LogP contribution in [0.15, 0.2) is 47.2 Å². The number of aromatic nitrogens is 4. The molecule has 108 valence electrons. The van der Waals surface area contributed by atoms with Crippen LogP contribution in [0.5, 0.6) is 0 Å². The van der Waals surface area contributed by atoms with E-state index in [1.807, 2.05) is 44.2 Å². The van der Waals surface area contributed by atoms with E-state index in [0.29, 0.717) is 17.4 Å². The van der Waals surface area contributed by atoms with Gasteiger partial charge in [-0.05, 0) is 30.2 Å². The average Bonchev–Trinajstić information content (AvgIpc) is 3.05. The Morgan fingerprint density at radius 1 is 1.05 bits per heavy atom. The maximum atomic E-state index is 5.18. The Kier molecular flexibility index (Phi) is 3.92. The van der Waals surface area contributed by atoms with E-state index in [1.54, 1.807) is 12.4 Å². The number of rotatable bonds is 2. The molecule has 0 bridgehead atoms. The molecule has 5 heteroatoms. The largest absolute Gasteiger partial charge is 0.339 e. The molecule has 0 spiro atoms. The minimum atomic E-state index is 0.199. The molecule has 0 N–H and O–H groups in total. The molecule has 0 fully saturated rings. The molecule has 5 nitrogen and oxygen atoms in total. The summed E-state index contributed by atoms with van der Waals surface area (Å²) in [6, 6.07) is 9.33. The lowest BCUT2D eigenvalue weighted by atomic mass is 10.2. The molecular weight excluding hydrogens is 276 g/mol. The first-order chi connectivity index (χ1) is 10.7. The summed E-state index contributed by atoms with van der Waals surface area (Å²) in [6.07, 6.45) is 3.41. The van der Waals surface area contributed by atoms with Gasteiger partial charge in [-0.2, -0.15) is 4.98 Å². The number of nitrogens with zero attached hydrogens (tertiary/aromatic N) is 4. The van der Waals surface area contributed by atoms with Crippen LogP contribution in [0.1, 0.15) is 36.9 Å². The predicted molar refractivity (Wildman–Crippen MR) is 81.8 cm³/mol. The molecule has 22 heavy (non-hydrogen) atoms. The van der Waals surface area contributed by atoms with Crippen molar-refractivity contribution in [2.45, 2.75) is 19.8 Å². The van der Waals surface area contributed by atoms with E-state index in [4.69, 9.17) is 4.52 Å². The molecule has 0 amide bonds. The van der Waals surface area contributed by atoms with Gasteiger partial charge in [-0.25, -0.2) is 4.98 Å². The molecule has 3 rings (SSSR count). The highest BCUT2D eigenvalue weighted by Gasteiger charge is 2.11. The molecule has 0 radical (unpaired) electrons. The maximum absolute atomic E-state index is 5.18. The van der Waals surface area contributed by atoms with E-state index in [1.165, 1.54) is 0 Å². The summed E-state index contributed by atoms with van der Waals surface area (Å²) >= 11 is 0. The zero-order valence-corrected chi connectivity index (χ0v) is 12.3. The molecule has 3 aromatic rings. The first kappa shape index (κ1) is 14.0. The maximum Gasteiger partial charge on any atom is 0.229 e. The van der Waals surface area contributed by atoms with Crippen LogP contribution in [0.2, 0.25) is 0 Å². The van der Waals surface area contributed by atoms with Gasteiger partial charge >= 0.3 is 0 Å². The molecule has 3 heterocycles. The summed E-state index contributed by atoms with van der Waals surface area (Å²) in [5.41, 5.74) is 2.20. The lowest BCUT2D eigenvalue weighted by Gasteiger charge is -1.94. The van der Waals surface area contributed by atoms with Gasteiger partial charge in [0.15, 0.2) is 0 Å². The Hall–Kier alpha value is -3.00. The molecule has 0 aliphatic heterocycles. The van der Waals surface area contributed by atoms with Gasteiger partial charge in [0, 0.05) is 23.9 Å². The Bertz CT molecular complexity index is 811. The summed E-state index contributed by atoms with van der Waals surface area (Å²) in [5, 5.41) is 3.94. The van der Waals surface area contributed by atoms with E-state index in [-0.39, 0.29) is 5.92 Å². The van der Waals surface area contributed by atoms with Crippen molar-refractivity contribution in [3.05, 3.63) is 59.9 Å². The van der Waals surface area contributed by atoms with Gasteiger partial charge in [-0.15, -0.1) is 0 Å². The molecule has 3 aromatic heterocycles. The lowest BCUT2D eigenvalue weighted by molar-refractivity contribution is 0.365. The summed E-state index contributed by atoms with van der Waals surface area (Å²) in [4.78, 5) is 12.8. The normalized spacial score (nSPS) is 10.3. The fraction of sp³-hybridized carbons (Fsp3) is 0.176. The van der Waals surface area contributed by atoms with E-state index in [0.717, 1.165) is 11.3 Å². The average molecular weight is 290 g/mol. The third-order valence-electron chi connectivity index (χ3n) is 2.93. The van der Waals surface area contributed by atoms with Crippen molar-refractivity contribution < 1.29 is 4.52 Å². The number of hydrogen-bond donors (Lipinski definition) is 0. The topological polar surface area (TPSA) is 64.7 Å². The van der Waals surface area contributed by atoms with E-state index >= 15 is 0 Å². The Morgan fingerprint density at radius 3 is 2.59 bits per heavy atom. The third kappa shape index (κ3) is 3.18. The zero-order chi connectivity index (χ0) is 15.4. The van der Waals surface area contributed by atoms with Crippen LogP contribution in [-0.2, 0) is 0 Å². The highest BCUT2D eigenvalue weighted by atomic mass is 16.5. The van der Waals surface area contributed by atoms with Crippen molar-refractivity contribution in [3.8, 4) is 23.4 Å². The van der Waals surface area contributed by atoms with Crippen molar-refractivity contribution in [1.29, 1.82) is 0 Å². The molecule has 0 saturated heterocycles. The predicted octanol–water partition coefficient (Wildman–Crippen LogP) is 3.05. The van der Waals surface area contributed by atoms with Crippen LogP contribution in [0.4, 0.5) is 0 Å². The first-order valence-electron chi connectivity index (χ1n) is 6.95. The smallest absolute Gasteiger partial charge is 0.229 e. The standard InChI is InChI=1S/C17H14N4O/c1-12(2)17-20-16(21-22-17)15-9-7-13(11-19-15)6-8-14-5-3-4-10-18-14/h3-5,7,9-12H,1-2H3. The Morgan fingerprint density at radius 2 is 1.95 bits per heavy atom. The second-order valence-corrected chi connectivity index (χ2v) is 5.01. The van der Waals surface area contributed by atoms with Gasteiger partial charge in [0.25, 0.3) is 0 Å². The Labute approximate surface area is 128 Å². The molecule has 0 atom stereocenters. The minimum absolute atomic E-state index is 0.199. The molecule has 0 unspecified atom stereocenters. The van der Waals surface area contributed by atoms with Crippen LogP contribution in [0.3, 0.4) is 0 Å². The Balaban J connectivity index is 1.79. The van der Waals surface area contributed by atoms with Gasteiger partial charge in [0.1, 0.15) is 11.4 Å². The molecule has 0 aromatic carbocycles. The van der Waals surface area contributed by atoms with Crippen molar-refractivity contribution in [2.24, 2.45) is 0 Å². The molecular formula is C17H14N4O. The van der Waals surface area contributed by atoms with Gasteiger partial charge in [-0.3, -0.25) is 4.98 Å². The summed E-state index contributed by atoms with van der Waals surface area (Å²) < 4.78 is 5.18. The minimum Gasteiger partial charge on any atom is -0.339 e. The van der Waals surface area contributed by atoms with Crippen LogP contribution in [-0.4, -0.2) is 20.1 Å². The van der Waals surface area contributed by atoms with E-state index in [9.17, 15) is 0 Å². The fourth-order valence-electron chi connectivity index (χ4n) is 1.75. The first-order valence-corrected chi connectivity index (χ1v) is 6.95. The zero-order valence-electron chi connectivity index (χ0n) is 12.3. The van der Waals surface area contributed by atoms with E-state index < -0.39 is 0 Å². The van der Waals surface area contributed by atoms with Gasteiger partial charge in [0.05, 0.1) is 0 Å². The SMILES string of the molecule is CC(C)c1nc(-c2ccc(C#Cc3ccccn3)cn2)no1. The summed E-state index contributed by atoms with van der Waals surface area (Å²) in [7, 11) is 0. The highest BCUT2D eigenvalue weighted by molar-refractivity contribution is 5.50. The van der Waals surface area contributed by atoms with Gasteiger partial charge in [0.2, 0.25) is 11.7 Å². The van der Waals surface area contributed by atoms with Crippen molar-refractivity contribution in [2.75, 3.05) is 0 Å². The number of hydrogen-bond acceptors (Lipinski definition) is 5. The summed E-state index contributed by atoms with van der Waals surface area (Å²) in [6.45, 7) is 4.00. The molecule has 0 saturated carbocycles. The second-order valence-electron chi connectivity index (χ2n) is 5.01. The lowest BCUT2D eigenvalue weighted by Crippen LogP contribution is -1.89. The van der Waals surface area contributed by atoms with Crippen LogP contribution >= 0.6 is 0 Å². The van der Waals surface area contributed by atoms with Crippen LogP contribution in [0, 0.1) is 11.8 Å². The van der Waals surface area contributed by atoms with Crippen molar-refractivity contribution in [1.82, 2.24) is 20.1 Å². The van der Waals surface area contributed by atoms with Crippen molar-refractivity contribution in [3.63, 3.8) is 0 Å². The summed E-state index contributed by atoms with van der Waals surface area (Å²) in [5.74, 6) is 7.31. The quantitative estimate of drug-likeness (QED) is 0.679. The van der Waals surface area contributed by atoms with E-state index in [2.05, 4.69) is 31.9 Å². The van der Waals surface area contributed by atoms with Crippen LogP contribution < -0.4 is 0 Å². The van der Waals surface area contributed by atoms with Crippen molar-refractivity contribution >= 4 is 0 Å². The van der Waals surface area contributed by atoms with Gasteiger partial charge < -0.3 is 4.52 Å². The second kappa shape index (κ2) is 6.19. The molecule has 0 aliphatic carbocycles. The monoisotopic (exact) mass is 290 g/mol. The van der Waals surface area contributed by atoms with Gasteiger partial charge in [-0.1, -0.05) is 31.0 Å². The fourth-order valence-corrected chi connectivity index (χ4v) is 1.75. The van der Waals surface area contributed by atoms with Crippen LogP contribution in [0.25, 0.3) is 11.5 Å².